The van der Waals surface area contributed by atoms with Gasteiger partial charge in [0.2, 0.25) is 5.95 Å². The maximum absolute atomic E-state index is 5.43. The summed E-state index contributed by atoms with van der Waals surface area (Å²) >= 11 is 0. The van der Waals surface area contributed by atoms with Gasteiger partial charge in [-0.15, -0.1) is 4.98 Å². The van der Waals surface area contributed by atoms with E-state index < -0.39 is 0 Å². The second-order valence-electron chi connectivity index (χ2n) is 3.06. The zero-order chi connectivity index (χ0) is 12.0. The Kier molecular flexibility index (Phi) is 4.71. The Morgan fingerprint density at radius 1 is 1.19 bits per heavy atom. The second kappa shape index (κ2) is 6.06. The number of methoxy groups -OCH3 is 2. The number of hydrogen-bond acceptors (Lipinski definition) is 7. The minimum atomic E-state index is -0.137. The molecule has 1 heterocycles. The minimum absolute atomic E-state index is 0.137. The fourth-order valence-corrected chi connectivity index (χ4v) is 1.04. The van der Waals surface area contributed by atoms with E-state index in [0.29, 0.717) is 12.6 Å². The number of ether oxygens (including phenoxy) is 3. The molecule has 7 heteroatoms. The van der Waals surface area contributed by atoms with Gasteiger partial charge in [-0.25, -0.2) is 0 Å². The van der Waals surface area contributed by atoms with Gasteiger partial charge in [0.25, 0.3) is 0 Å². The predicted molar refractivity (Wildman–Crippen MR) is 57.9 cm³/mol. The zero-order valence-electron chi connectivity index (χ0n) is 9.85. The number of nitrogens with one attached hydrogen (secondary N) is 1. The zero-order valence-corrected chi connectivity index (χ0v) is 9.85. The van der Waals surface area contributed by atoms with E-state index in [1.165, 1.54) is 7.11 Å². The summed E-state index contributed by atoms with van der Waals surface area (Å²) < 4.78 is 15.3. The first kappa shape index (κ1) is 12.4. The maximum atomic E-state index is 5.43. The van der Waals surface area contributed by atoms with Gasteiger partial charge in [-0.05, 0) is 6.92 Å². The highest BCUT2D eigenvalue weighted by Gasteiger charge is 2.10. The van der Waals surface area contributed by atoms with Gasteiger partial charge < -0.3 is 19.5 Å². The minimum Gasteiger partial charge on any atom is -0.467 e. The van der Waals surface area contributed by atoms with Gasteiger partial charge in [0.05, 0.1) is 13.7 Å². The Morgan fingerprint density at radius 2 is 1.88 bits per heavy atom. The number of rotatable bonds is 6. The first-order valence-corrected chi connectivity index (χ1v) is 4.83. The number of hydrogen-bond donors (Lipinski definition) is 1. The molecule has 0 saturated heterocycles. The van der Waals surface area contributed by atoms with E-state index in [1.54, 1.807) is 14.2 Å². The van der Waals surface area contributed by atoms with Crippen LogP contribution in [0.5, 0.6) is 12.0 Å². The molecule has 0 aliphatic carbocycles. The van der Waals surface area contributed by atoms with Crippen LogP contribution in [0, 0.1) is 0 Å². The lowest BCUT2D eigenvalue weighted by atomic mass is 10.4. The molecule has 1 rings (SSSR count). The van der Waals surface area contributed by atoms with Crippen LogP contribution in [0.1, 0.15) is 6.92 Å². The molecule has 0 radical (unpaired) electrons. The molecule has 1 atom stereocenters. The topological polar surface area (TPSA) is 78.4 Å². The fourth-order valence-electron chi connectivity index (χ4n) is 1.04. The van der Waals surface area contributed by atoms with Crippen LogP contribution in [-0.4, -0.2) is 48.9 Å². The third-order valence-electron chi connectivity index (χ3n) is 1.71. The number of anilines is 1. The molecule has 1 aromatic heterocycles. The summed E-state index contributed by atoms with van der Waals surface area (Å²) in [4.78, 5) is 11.9. The number of nitrogens with zero attached hydrogens (tertiary/aromatic N) is 3. The van der Waals surface area contributed by atoms with Crippen molar-refractivity contribution < 1.29 is 14.2 Å². The van der Waals surface area contributed by atoms with Gasteiger partial charge in [0, 0.05) is 14.2 Å². The average Bonchev–Trinajstić information content (AvgIpc) is 2.28. The highest BCUT2D eigenvalue weighted by Crippen LogP contribution is 2.13. The van der Waals surface area contributed by atoms with Crippen molar-refractivity contribution in [3.8, 4) is 12.0 Å². The molecule has 1 aromatic rings. The lowest BCUT2D eigenvalue weighted by Gasteiger charge is -2.12. The van der Waals surface area contributed by atoms with E-state index in [-0.39, 0.29) is 18.1 Å². The Balaban J connectivity index is 2.78. The summed E-state index contributed by atoms with van der Waals surface area (Å²) in [6.45, 7) is 2.32. The molecule has 16 heavy (non-hydrogen) atoms. The van der Waals surface area contributed by atoms with E-state index >= 15 is 0 Å². The standard InChI is InChI=1S/C9H16N4O3/c1-6(5-14-3)16-9-12-7(10-2)11-8(13-9)15-4/h6H,5H2,1-4H3,(H,10,11,12,13). The van der Waals surface area contributed by atoms with Crippen LogP contribution in [0.2, 0.25) is 0 Å². The summed E-state index contributed by atoms with van der Waals surface area (Å²) in [6.07, 6.45) is -0.137. The summed E-state index contributed by atoms with van der Waals surface area (Å²) in [5, 5.41) is 2.79. The molecule has 1 N–H and O–H groups in total. The molecule has 0 amide bonds. The molecule has 7 nitrogen and oxygen atoms in total. The average molecular weight is 228 g/mol. The van der Waals surface area contributed by atoms with Gasteiger partial charge in [0.15, 0.2) is 0 Å². The Morgan fingerprint density at radius 3 is 2.44 bits per heavy atom. The van der Waals surface area contributed by atoms with Crippen molar-refractivity contribution in [2.45, 2.75) is 13.0 Å². The highest BCUT2D eigenvalue weighted by atomic mass is 16.5. The van der Waals surface area contributed by atoms with Gasteiger partial charge in [0.1, 0.15) is 6.10 Å². The van der Waals surface area contributed by atoms with Crippen molar-refractivity contribution in [2.24, 2.45) is 0 Å². The van der Waals surface area contributed by atoms with Gasteiger partial charge in [-0.1, -0.05) is 0 Å². The molecule has 0 saturated carbocycles. The predicted octanol–water partition coefficient (Wildman–Crippen LogP) is 0.336. The van der Waals surface area contributed by atoms with Crippen molar-refractivity contribution in [3.63, 3.8) is 0 Å². The quantitative estimate of drug-likeness (QED) is 0.751. The third kappa shape index (κ3) is 3.50. The number of aromatic nitrogens is 3. The molecule has 90 valence electrons. The lowest BCUT2D eigenvalue weighted by molar-refractivity contribution is 0.0848. The fraction of sp³-hybridized carbons (Fsp3) is 0.667. The highest BCUT2D eigenvalue weighted by molar-refractivity contribution is 5.26. The normalized spacial score (nSPS) is 12.0. The van der Waals surface area contributed by atoms with Crippen LogP contribution in [0.25, 0.3) is 0 Å². The summed E-state index contributed by atoms with van der Waals surface area (Å²) in [5.41, 5.74) is 0. The third-order valence-corrected chi connectivity index (χ3v) is 1.71. The van der Waals surface area contributed by atoms with Crippen LogP contribution < -0.4 is 14.8 Å². The van der Waals surface area contributed by atoms with Crippen molar-refractivity contribution >= 4 is 5.95 Å². The van der Waals surface area contributed by atoms with E-state index in [4.69, 9.17) is 14.2 Å². The van der Waals surface area contributed by atoms with Gasteiger partial charge >= 0.3 is 12.0 Å². The largest absolute Gasteiger partial charge is 0.467 e. The molecule has 0 aliphatic rings. The second-order valence-corrected chi connectivity index (χ2v) is 3.06. The van der Waals surface area contributed by atoms with Crippen molar-refractivity contribution in [1.82, 2.24) is 15.0 Å². The van der Waals surface area contributed by atoms with Gasteiger partial charge in [-0.3, -0.25) is 0 Å². The van der Waals surface area contributed by atoms with E-state index in [9.17, 15) is 0 Å². The van der Waals surface area contributed by atoms with Crippen LogP contribution in [0.3, 0.4) is 0 Å². The molecular formula is C9H16N4O3. The molecule has 0 spiro atoms. The van der Waals surface area contributed by atoms with Crippen molar-refractivity contribution in [3.05, 3.63) is 0 Å². The van der Waals surface area contributed by atoms with Gasteiger partial charge in [-0.2, -0.15) is 9.97 Å². The van der Waals surface area contributed by atoms with Crippen LogP contribution in [-0.2, 0) is 4.74 Å². The summed E-state index contributed by atoms with van der Waals surface area (Å²) in [5.74, 6) is 0.395. The molecule has 0 bridgehead atoms. The maximum Gasteiger partial charge on any atom is 0.324 e. The molecule has 0 aromatic carbocycles. The lowest BCUT2D eigenvalue weighted by Crippen LogP contribution is -2.19. The van der Waals surface area contributed by atoms with E-state index in [0.717, 1.165) is 0 Å². The van der Waals surface area contributed by atoms with Crippen molar-refractivity contribution in [1.29, 1.82) is 0 Å². The Labute approximate surface area is 94.2 Å². The molecule has 1 unspecified atom stereocenters. The van der Waals surface area contributed by atoms with E-state index in [1.807, 2.05) is 6.92 Å². The van der Waals surface area contributed by atoms with E-state index in [2.05, 4.69) is 20.3 Å². The first-order valence-electron chi connectivity index (χ1n) is 4.83. The molecule has 0 aliphatic heterocycles. The van der Waals surface area contributed by atoms with Crippen LogP contribution in [0.4, 0.5) is 5.95 Å². The first-order chi connectivity index (χ1) is 7.69. The summed E-state index contributed by atoms with van der Waals surface area (Å²) in [7, 11) is 4.79. The molecule has 0 fully saturated rings. The monoisotopic (exact) mass is 228 g/mol. The smallest absolute Gasteiger partial charge is 0.324 e. The molecular weight excluding hydrogens is 212 g/mol. The van der Waals surface area contributed by atoms with Crippen LogP contribution in [0.15, 0.2) is 0 Å². The Hall–Kier alpha value is -1.63. The SMILES string of the molecule is CNc1nc(OC)nc(OC(C)COC)n1. The Bertz CT molecular complexity index is 312. The van der Waals surface area contributed by atoms with Crippen LogP contribution >= 0.6 is 0 Å². The summed E-state index contributed by atoms with van der Waals surface area (Å²) in [6, 6.07) is 0.416. The van der Waals surface area contributed by atoms with Crippen molar-refractivity contribution in [2.75, 3.05) is 33.2 Å².